The molecule has 0 spiro atoms. The molecule has 0 radical (unpaired) electrons. The quantitative estimate of drug-likeness (QED) is 0.481. The lowest BCUT2D eigenvalue weighted by molar-refractivity contribution is 0.0958. The number of urea groups is 1. The van der Waals surface area contributed by atoms with E-state index in [0.29, 0.717) is 5.69 Å². The van der Waals surface area contributed by atoms with Crippen molar-refractivity contribution >= 4 is 34.8 Å². The van der Waals surface area contributed by atoms with E-state index in [-0.39, 0.29) is 23.2 Å². The minimum absolute atomic E-state index is 0.0556. The maximum absolute atomic E-state index is 12.7. The molecule has 12 heteroatoms. The second kappa shape index (κ2) is 8.13. The summed E-state index contributed by atoms with van der Waals surface area (Å²) in [7, 11) is 5.11. The van der Waals surface area contributed by atoms with Gasteiger partial charge in [-0.15, -0.1) is 10.2 Å². The van der Waals surface area contributed by atoms with E-state index in [1.54, 1.807) is 13.1 Å². The topological polar surface area (TPSA) is 142 Å². The third-order valence-electron chi connectivity index (χ3n) is 5.22. The number of carbonyl (C=O) groups excluding carboxylic acids is 2. The van der Waals surface area contributed by atoms with E-state index in [1.165, 1.54) is 17.9 Å². The van der Waals surface area contributed by atoms with Gasteiger partial charge in [0.05, 0.1) is 23.1 Å². The van der Waals surface area contributed by atoms with Crippen LogP contribution in [0.3, 0.4) is 0 Å². The molecule has 1 aliphatic rings. The van der Waals surface area contributed by atoms with Crippen LogP contribution in [0.25, 0.3) is 11.3 Å². The smallest absolute Gasteiger partial charge is 0.320 e. The number of carbonyl (C=O) groups is 2. The van der Waals surface area contributed by atoms with Crippen molar-refractivity contribution in [2.75, 3.05) is 36.6 Å². The summed E-state index contributed by atoms with van der Waals surface area (Å²) in [4.78, 5) is 28.0. The van der Waals surface area contributed by atoms with Gasteiger partial charge in [-0.1, -0.05) is 12.1 Å². The summed E-state index contributed by atoms with van der Waals surface area (Å²) in [6.07, 6.45) is 0. The van der Waals surface area contributed by atoms with Crippen molar-refractivity contribution < 1.29 is 13.7 Å². The van der Waals surface area contributed by atoms with Crippen LogP contribution in [0.1, 0.15) is 33.3 Å². The van der Waals surface area contributed by atoms with Gasteiger partial charge in [-0.3, -0.25) is 10.1 Å². The fourth-order valence-corrected chi connectivity index (χ4v) is 3.59. The molecule has 12 nitrogen and oxygen atoms in total. The largest absolute Gasteiger partial charge is 0.364 e. The van der Waals surface area contributed by atoms with Crippen LogP contribution in [0, 0.1) is 0 Å². The third kappa shape index (κ3) is 3.55. The summed E-state index contributed by atoms with van der Waals surface area (Å²) < 4.78 is 22.1. The Bertz CT molecular complexity index is 1310. The van der Waals surface area contributed by atoms with Crippen molar-refractivity contribution in [3.63, 3.8) is 0 Å². The molecule has 0 saturated carbocycles. The van der Waals surface area contributed by atoms with Crippen LogP contribution >= 0.6 is 0 Å². The molecule has 3 heterocycles. The predicted octanol–water partition coefficient (Wildman–Crippen LogP) is 1.64. The number of nitrogens with one attached hydrogen (secondary N) is 4. The summed E-state index contributed by atoms with van der Waals surface area (Å²) in [5.41, 5.74) is 3.70. The SMILES string of the molecule is [2H]C([2H])([2H])NC(=O)c1nnc(NC(=O)NC)cc1Nc1cccc2c1N(C)[C@@H](C)c1nn(C)nc1-2. The maximum Gasteiger partial charge on any atom is 0.320 e. The van der Waals surface area contributed by atoms with E-state index in [9.17, 15) is 9.59 Å². The number of hydrogen-bond donors (Lipinski definition) is 4. The van der Waals surface area contributed by atoms with E-state index < -0.39 is 18.9 Å². The maximum atomic E-state index is 12.7. The van der Waals surface area contributed by atoms with Crippen molar-refractivity contribution in [1.82, 2.24) is 35.8 Å². The molecule has 0 bridgehead atoms. The monoisotopic (exact) mass is 439 g/mol. The molecule has 4 rings (SSSR count). The number of nitrogens with zero attached hydrogens (tertiary/aromatic N) is 6. The predicted molar refractivity (Wildman–Crippen MR) is 120 cm³/mol. The lowest BCUT2D eigenvalue weighted by atomic mass is 9.96. The van der Waals surface area contributed by atoms with E-state index in [4.69, 9.17) is 4.11 Å². The minimum atomic E-state index is -2.72. The summed E-state index contributed by atoms with van der Waals surface area (Å²) in [6.45, 7) is -0.721. The zero-order valence-corrected chi connectivity index (χ0v) is 17.9. The third-order valence-corrected chi connectivity index (χ3v) is 5.22. The molecule has 2 aromatic heterocycles. The first-order valence-corrected chi connectivity index (χ1v) is 9.72. The number of aryl methyl sites for hydroxylation is 1. The highest BCUT2D eigenvalue weighted by Crippen LogP contribution is 2.46. The number of para-hydroxylation sites is 1. The fourth-order valence-electron chi connectivity index (χ4n) is 3.59. The molecule has 166 valence electrons. The average Bonchev–Trinajstić information content (AvgIpc) is 3.18. The Morgan fingerprint density at radius 2 is 1.94 bits per heavy atom. The number of anilines is 4. The Labute approximate surface area is 188 Å². The second-order valence-corrected chi connectivity index (χ2v) is 7.19. The molecule has 1 atom stereocenters. The van der Waals surface area contributed by atoms with Gasteiger partial charge in [0.1, 0.15) is 11.4 Å². The van der Waals surface area contributed by atoms with Crippen LogP contribution in [0.5, 0.6) is 0 Å². The fraction of sp³-hybridized carbons (Fsp3) is 0.300. The Morgan fingerprint density at radius 1 is 1.12 bits per heavy atom. The Kier molecular flexibility index (Phi) is 4.44. The summed E-state index contributed by atoms with van der Waals surface area (Å²) in [5, 5.41) is 26.7. The molecule has 32 heavy (non-hydrogen) atoms. The first-order chi connectivity index (χ1) is 16.5. The molecule has 0 unspecified atom stereocenters. The van der Waals surface area contributed by atoms with Crippen LogP contribution < -0.4 is 26.2 Å². The number of hydrogen-bond acceptors (Lipinski definition) is 8. The van der Waals surface area contributed by atoms with Gasteiger partial charge in [0.15, 0.2) is 11.5 Å². The van der Waals surface area contributed by atoms with Gasteiger partial charge in [-0.25, -0.2) is 4.79 Å². The number of aromatic nitrogens is 5. The van der Waals surface area contributed by atoms with Gasteiger partial charge in [0, 0.05) is 43.9 Å². The summed E-state index contributed by atoms with van der Waals surface area (Å²) in [6, 6.07) is 6.32. The van der Waals surface area contributed by atoms with Crippen LogP contribution in [0.15, 0.2) is 24.3 Å². The molecule has 0 fully saturated rings. The normalized spacial score (nSPS) is 16.1. The van der Waals surface area contributed by atoms with Gasteiger partial charge in [0.2, 0.25) is 0 Å². The first kappa shape index (κ1) is 17.5. The minimum Gasteiger partial charge on any atom is -0.364 e. The molecule has 1 aromatic carbocycles. The van der Waals surface area contributed by atoms with Crippen molar-refractivity contribution in [1.29, 1.82) is 0 Å². The molecule has 3 amide bonds. The Balaban J connectivity index is 1.80. The Morgan fingerprint density at radius 3 is 2.69 bits per heavy atom. The lowest BCUT2D eigenvalue weighted by Crippen LogP contribution is -2.28. The van der Waals surface area contributed by atoms with Crippen molar-refractivity contribution in [3.8, 4) is 11.3 Å². The van der Waals surface area contributed by atoms with E-state index in [1.807, 2.05) is 36.3 Å². The highest BCUT2D eigenvalue weighted by atomic mass is 16.2. The molecule has 3 aromatic rings. The van der Waals surface area contributed by atoms with Gasteiger partial charge in [-0.05, 0) is 13.0 Å². The van der Waals surface area contributed by atoms with Crippen molar-refractivity contribution in [2.24, 2.45) is 7.05 Å². The van der Waals surface area contributed by atoms with E-state index >= 15 is 0 Å². The van der Waals surface area contributed by atoms with Crippen LogP contribution in [-0.4, -0.2) is 58.2 Å². The van der Waals surface area contributed by atoms with Crippen LogP contribution in [-0.2, 0) is 7.05 Å². The van der Waals surface area contributed by atoms with Crippen LogP contribution in [0.2, 0.25) is 0 Å². The lowest BCUT2D eigenvalue weighted by Gasteiger charge is -2.34. The highest BCUT2D eigenvalue weighted by Gasteiger charge is 2.32. The highest BCUT2D eigenvalue weighted by molar-refractivity contribution is 6.00. The van der Waals surface area contributed by atoms with Gasteiger partial charge >= 0.3 is 6.03 Å². The number of benzene rings is 1. The number of amides is 3. The van der Waals surface area contributed by atoms with E-state index in [0.717, 1.165) is 22.6 Å². The Hall–Kier alpha value is -4.22. The van der Waals surface area contributed by atoms with E-state index in [2.05, 4.69) is 36.3 Å². The molecular weight excluding hydrogens is 412 g/mol. The van der Waals surface area contributed by atoms with Crippen LogP contribution in [0.4, 0.5) is 27.7 Å². The zero-order valence-electron chi connectivity index (χ0n) is 20.9. The molecule has 1 aliphatic heterocycles. The molecule has 0 aliphatic carbocycles. The van der Waals surface area contributed by atoms with Crippen molar-refractivity contribution in [2.45, 2.75) is 13.0 Å². The van der Waals surface area contributed by atoms with Gasteiger partial charge < -0.3 is 20.9 Å². The molecular formula is C20H24N10O2. The number of fused-ring (bicyclic) bond motifs is 3. The second-order valence-electron chi connectivity index (χ2n) is 7.19. The summed E-state index contributed by atoms with van der Waals surface area (Å²) in [5.74, 6) is -0.894. The first-order valence-electron chi connectivity index (χ1n) is 11.2. The standard InChI is InChI=1S/C20H24N10O2/c1-10-15-16(28-30(5)27-15)11-7-6-8-12(18(11)29(10)4)23-13-9-14(24-20(32)22-3)25-26-17(13)19(31)21-2/h6-10H,1-5H3,(H,21,31)(H3,22,23,24,25,32)/t10-/m0/s1/i2D3. The van der Waals surface area contributed by atoms with Gasteiger partial charge in [-0.2, -0.15) is 15.0 Å². The molecule has 4 N–H and O–H groups in total. The summed E-state index contributed by atoms with van der Waals surface area (Å²) >= 11 is 0. The zero-order chi connectivity index (χ0) is 25.5. The van der Waals surface area contributed by atoms with Crippen molar-refractivity contribution in [3.05, 3.63) is 35.7 Å². The average molecular weight is 439 g/mol. The van der Waals surface area contributed by atoms with Gasteiger partial charge in [0.25, 0.3) is 5.91 Å². The molecule has 0 saturated heterocycles. The number of rotatable bonds is 4.